The first kappa shape index (κ1) is 29.4. The Morgan fingerprint density at radius 3 is 2.33 bits per heavy atom. The van der Waals surface area contributed by atoms with Crippen molar-refractivity contribution >= 4 is 24.0 Å². The summed E-state index contributed by atoms with van der Waals surface area (Å²) in [7, 11) is 0. The number of nitrogens with zero attached hydrogens (tertiary/aromatic N) is 1. The SMILES string of the molecule is C=Cc1cccc(C(C(=O)NC(C)CCC)N(C(=O)C(NC(=O)OC(C)(C)C)C(C)C)C2CC2C)c1. The Balaban J connectivity index is 2.51. The molecule has 1 aliphatic carbocycles. The number of hydrogen-bond donors (Lipinski definition) is 2. The molecule has 2 rings (SSSR count). The topological polar surface area (TPSA) is 87.7 Å². The van der Waals surface area contributed by atoms with Crippen molar-refractivity contribution in [3.8, 4) is 0 Å². The Morgan fingerprint density at radius 2 is 1.83 bits per heavy atom. The number of amides is 3. The smallest absolute Gasteiger partial charge is 0.408 e. The molecule has 36 heavy (non-hydrogen) atoms. The van der Waals surface area contributed by atoms with E-state index in [1.807, 2.05) is 45.0 Å². The number of carbonyl (C=O) groups excluding carboxylic acids is 3. The van der Waals surface area contributed by atoms with E-state index in [2.05, 4.69) is 31.1 Å². The van der Waals surface area contributed by atoms with Gasteiger partial charge in [0.05, 0.1) is 0 Å². The van der Waals surface area contributed by atoms with Crippen molar-refractivity contribution in [2.24, 2.45) is 11.8 Å². The third kappa shape index (κ3) is 8.10. The van der Waals surface area contributed by atoms with E-state index < -0.39 is 23.8 Å². The molecule has 200 valence electrons. The Kier molecular flexibility index (Phi) is 10.1. The lowest BCUT2D eigenvalue weighted by atomic mass is 9.97. The highest BCUT2D eigenvalue weighted by Crippen LogP contribution is 2.41. The van der Waals surface area contributed by atoms with E-state index in [-0.39, 0.29) is 35.7 Å². The van der Waals surface area contributed by atoms with E-state index in [0.29, 0.717) is 0 Å². The van der Waals surface area contributed by atoms with Crippen molar-refractivity contribution in [2.45, 2.75) is 104 Å². The number of ether oxygens (including phenoxy) is 1. The molecule has 1 fully saturated rings. The molecule has 2 N–H and O–H groups in total. The van der Waals surface area contributed by atoms with Crippen molar-refractivity contribution in [1.82, 2.24) is 15.5 Å². The fraction of sp³-hybridized carbons (Fsp3) is 0.621. The number of alkyl carbamates (subject to hydrolysis) is 1. The van der Waals surface area contributed by atoms with Crippen LogP contribution in [0.5, 0.6) is 0 Å². The molecule has 1 saturated carbocycles. The van der Waals surface area contributed by atoms with E-state index in [4.69, 9.17) is 4.74 Å². The highest BCUT2D eigenvalue weighted by molar-refractivity contribution is 5.93. The molecule has 0 heterocycles. The minimum absolute atomic E-state index is 0.0260. The van der Waals surface area contributed by atoms with Gasteiger partial charge >= 0.3 is 6.09 Å². The molecule has 0 bridgehead atoms. The summed E-state index contributed by atoms with van der Waals surface area (Å²) >= 11 is 0. The maximum Gasteiger partial charge on any atom is 0.408 e. The zero-order chi connectivity index (χ0) is 27.2. The molecule has 0 saturated heterocycles. The van der Waals surface area contributed by atoms with E-state index in [0.717, 1.165) is 30.4 Å². The van der Waals surface area contributed by atoms with Gasteiger partial charge in [-0.2, -0.15) is 0 Å². The Morgan fingerprint density at radius 1 is 1.19 bits per heavy atom. The molecule has 7 heteroatoms. The first-order valence-corrected chi connectivity index (χ1v) is 13.1. The summed E-state index contributed by atoms with van der Waals surface area (Å²) in [5.74, 6) is -0.444. The van der Waals surface area contributed by atoms with Crippen molar-refractivity contribution in [1.29, 1.82) is 0 Å². The molecule has 7 nitrogen and oxygen atoms in total. The van der Waals surface area contributed by atoms with Crippen molar-refractivity contribution < 1.29 is 19.1 Å². The number of nitrogens with one attached hydrogen (secondary N) is 2. The lowest BCUT2D eigenvalue weighted by Crippen LogP contribution is -2.56. The van der Waals surface area contributed by atoms with Crippen LogP contribution in [0.3, 0.4) is 0 Å². The zero-order valence-corrected chi connectivity index (χ0v) is 23.3. The third-order valence-electron chi connectivity index (χ3n) is 6.38. The zero-order valence-electron chi connectivity index (χ0n) is 23.3. The molecule has 0 aromatic heterocycles. The molecule has 1 aromatic rings. The quantitative estimate of drug-likeness (QED) is 0.423. The lowest BCUT2D eigenvalue weighted by Gasteiger charge is -2.36. The number of carbonyl (C=O) groups is 3. The summed E-state index contributed by atoms with van der Waals surface area (Å²) in [6.07, 6.45) is 3.66. The molecule has 3 amide bonds. The van der Waals surface area contributed by atoms with Crippen LogP contribution in [-0.4, -0.2) is 46.5 Å². The van der Waals surface area contributed by atoms with Crippen LogP contribution in [0.25, 0.3) is 6.08 Å². The number of benzene rings is 1. The summed E-state index contributed by atoms with van der Waals surface area (Å²) in [4.78, 5) is 42.3. The average molecular weight is 500 g/mol. The first-order valence-electron chi connectivity index (χ1n) is 13.1. The van der Waals surface area contributed by atoms with Crippen LogP contribution in [0.4, 0.5) is 4.79 Å². The summed E-state index contributed by atoms with van der Waals surface area (Å²) < 4.78 is 5.44. The molecule has 5 atom stereocenters. The maximum absolute atomic E-state index is 14.2. The van der Waals surface area contributed by atoms with Crippen LogP contribution in [0, 0.1) is 11.8 Å². The molecular formula is C29H45N3O4. The standard InChI is InChI=1S/C29H45N3O4/c1-10-13-20(6)30-26(33)25(22-15-12-14-21(11-2)17-22)32(23-16-19(23)5)27(34)24(18(3)4)31-28(35)36-29(7,8)9/h11-12,14-15,17-20,23-25H,2,10,13,16H2,1,3-9H3,(H,30,33)(H,31,35). The van der Waals surface area contributed by atoms with E-state index >= 15 is 0 Å². The summed E-state index contributed by atoms with van der Waals surface area (Å²) in [6.45, 7) is 19.1. The van der Waals surface area contributed by atoms with Gasteiger partial charge in [0, 0.05) is 12.1 Å². The molecule has 0 spiro atoms. The minimum atomic E-state index is -0.835. The van der Waals surface area contributed by atoms with Gasteiger partial charge in [0.15, 0.2) is 0 Å². The second-order valence-corrected chi connectivity index (χ2v) is 11.4. The van der Waals surface area contributed by atoms with Crippen molar-refractivity contribution in [3.05, 3.63) is 42.0 Å². The predicted octanol–water partition coefficient (Wildman–Crippen LogP) is 5.46. The van der Waals surface area contributed by atoms with Crippen LogP contribution in [0.2, 0.25) is 0 Å². The Hall–Kier alpha value is -2.83. The van der Waals surface area contributed by atoms with E-state index in [9.17, 15) is 14.4 Å². The number of rotatable bonds is 11. The highest BCUT2D eigenvalue weighted by atomic mass is 16.6. The fourth-order valence-electron chi connectivity index (χ4n) is 4.40. The van der Waals surface area contributed by atoms with Crippen LogP contribution < -0.4 is 10.6 Å². The Bertz CT molecular complexity index is 937. The van der Waals surface area contributed by atoms with Crippen molar-refractivity contribution in [2.75, 3.05) is 0 Å². The molecule has 0 radical (unpaired) electrons. The highest BCUT2D eigenvalue weighted by Gasteiger charge is 2.48. The van der Waals surface area contributed by atoms with E-state index in [1.165, 1.54) is 0 Å². The fourth-order valence-corrected chi connectivity index (χ4v) is 4.40. The number of hydrogen-bond acceptors (Lipinski definition) is 4. The van der Waals surface area contributed by atoms with Gasteiger partial charge in [0.1, 0.15) is 17.7 Å². The lowest BCUT2D eigenvalue weighted by molar-refractivity contribution is -0.144. The first-order chi connectivity index (χ1) is 16.8. The van der Waals surface area contributed by atoms with Gasteiger partial charge in [-0.25, -0.2) is 4.79 Å². The normalized spacial score (nSPS) is 19.6. The molecular weight excluding hydrogens is 454 g/mol. The van der Waals surface area contributed by atoms with Gasteiger partial charge in [0.2, 0.25) is 11.8 Å². The van der Waals surface area contributed by atoms with Crippen LogP contribution >= 0.6 is 0 Å². The van der Waals surface area contributed by atoms with Crippen LogP contribution in [0.1, 0.15) is 91.8 Å². The average Bonchev–Trinajstić information content (AvgIpc) is 3.49. The van der Waals surface area contributed by atoms with Crippen LogP contribution in [-0.2, 0) is 14.3 Å². The minimum Gasteiger partial charge on any atom is -0.444 e. The van der Waals surface area contributed by atoms with Crippen LogP contribution in [0.15, 0.2) is 30.8 Å². The molecule has 0 aliphatic heterocycles. The van der Waals surface area contributed by atoms with Gasteiger partial charge < -0.3 is 20.3 Å². The van der Waals surface area contributed by atoms with Gasteiger partial charge in [-0.3, -0.25) is 9.59 Å². The van der Waals surface area contributed by atoms with Gasteiger partial charge in [-0.15, -0.1) is 0 Å². The monoisotopic (exact) mass is 499 g/mol. The van der Waals surface area contributed by atoms with Gasteiger partial charge in [0.25, 0.3) is 0 Å². The maximum atomic E-state index is 14.2. The predicted molar refractivity (Wildman–Crippen MR) is 144 cm³/mol. The van der Waals surface area contributed by atoms with Gasteiger partial charge in [-0.1, -0.05) is 65.0 Å². The Labute approximate surface area is 217 Å². The van der Waals surface area contributed by atoms with E-state index in [1.54, 1.807) is 31.7 Å². The largest absolute Gasteiger partial charge is 0.444 e. The second kappa shape index (κ2) is 12.4. The molecule has 1 aliphatic rings. The van der Waals surface area contributed by atoms with Gasteiger partial charge in [-0.05, 0) is 69.6 Å². The second-order valence-electron chi connectivity index (χ2n) is 11.4. The van der Waals surface area contributed by atoms with Crippen molar-refractivity contribution in [3.63, 3.8) is 0 Å². The molecule has 5 unspecified atom stereocenters. The molecule has 1 aromatic carbocycles. The summed E-state index contributed by atoms with van der Waals surface area (Å²) in [5.41, 5.74) is 0.902. The summed E-state index contributed by atoms with van der Waals surface area (Å²) in [5, 5.41) is 5.90. The third-order valence-corrected chi connectivity index (χ3v) is 6.38. The summed E-state index contributed by atoms with van der Waals surface area (Å²) in [6, 6.07) is 5.79.